The third-order valence-corrected chi connectivity index (χ3v) is 5.12. The minimum Gasteiger partial charge on any atom is -0.488 e. The van der Waals surface area contributed by atoms with Crippen LogP contribution in [0.4, 0.5) is 0 Å². The zero-order chi connectivity index (χ0) is 18.0. The molecular weight excluding hydrogens is 326 g/mol. The lowest BCUT2D eigenvalue weighted by Crippen LogP contribution is -2.42. The summed E-state index contributed by atoms with van der Waals surface area (Å²) in [6, 6.07) is 6.68. The summed E-state index contributed by atoms with van der Waals surface area (Å²) in [4.78, 5) is 25.0. The molecule has 7 heteroatoms. The van der Waals surface area contributed by atoms with E-state index in [4.69, 9.17) is 14.6 Å². The quantitative estimate of drug-likeness (QED) is 0.766. The van der Waals surface area contributed by atoms with E-state index in [1.807, 2.05) is 0 Å². The molecular formula is C18H23NO6. The molecule has 1 aliphatic heterocycles. The Hall–Kier alpha value is -2.12. The molecule has 2 aliphatic rings. The summed E-state index contributed by atoms with van der Waals surface area (Å²) in [5.74, 6) is 0.266. The lowest BCUT2D eigenvalue weighted by molar-refractivity contribution is -0.133. The molecule has 2 fully saturated rings. The van der Waals surface area contributed by atoms with Crippen molar-refractivity contribution in [1.82, 2.24) is 4.90 Å². The van der Waals surface area contributed by atoms with E-state index in [-0.39, 0.29) is 17.7 Å². The first-order valence-electron chi connectivity index (χ1n) is 8.43. The third-order valence-electron chi connectivity index (χ3n) is 5.12. The zero-order valence-electron chi connectivity index (χ0n) is 14.1. The van der Waals surface area contributed by atoms with Gasteiger partial charge in [-0.05, 0) is 42.9 Å². The standard InChI is InChI=1S/C18H23NO6/c1-24-18(23)11-3-2-4-14(5-11)25-16-7-13-9-19(17(22)10-20)8-12(13)6-15(16)21/h2-5,12-13,15-16,20-21H,6-10H2,1H3/t12-,13+,15+,16+/m0/s1. The van der Waals surface area contributed by atoms with Gasteiger partial charge in [-0.15, -0.1) is 0 Å². The second-order valence-corrected chi connectivity index (χ2v) is 6.69. The van der Waals surface area contributed by atoms with Gasteiger partial charge in [0.05, 0.1) is 18.8 Å². The van der Waals surface area contributed by atoms with E-state index < -0.39 is 24.8 Å². The molecule has 0 spiro atoms. The van der Waals surface area contributed by atoms with Gasteiger partial charge in [-0.1, -0.05) is 6.07 Å². The average molecular weight is 349 g/mol. The van der Waals surface area contributed by atoms with Gasteiger partial charge in [0.1, 0.15) is 18.5 Å². The highest BCUT2D eigenvalue weighted by Crippen LogP contribution is 2.38. The Labute approximate surface area is 146 Å². The van der Waals surface area contributed by atoms with Crippen LogP contribution in [0.15, 0.2) is 24.3 Å². The summed E-state index contributed by atoms with van der Waals surface area (Å²) in [6.45, 7) is 0.673. The van der Waals surface area contributed by atoms with Crippen molar-refractivity contribution in [2.45, 2.75) is 25.0 Å². The predicted octanol–water partition coefficient (Wildman–Crippen LogP) is 0.442. The lowest BCUT2D eigenvalue weighted by Gasteiger charge is -2.35. The van der Waals surface area contributed by atoms with E-state index in [2.05, 4.69) is 0 Å². The highest BCUT2D eigenvalue weighted by atomic mass is 16.5. The molecule has 1 aromatic carbocycles. The number of rotatable bonds is 4. The van der Waals surface area contributed by atoms with Gasteiger partial charge in [0.15, 0.2) is 0 Å². The normalized spacial score (nSPS) is 28.4. The van der Waals surface area contributed by atoms with Crippen molar-refractivity contribution >= 4 is 11.9 Å². The summed E-state index contributed by atoms with van der Waals surface area (Å²) in [5, 5.41) is 19.4. The van der Waals surface area contributed by atoms with E-state index in [9.17, 15) is 14.7 Å². The number of methoxy groups -OCH3 is 1. The van der Waals surface area contributed by atoms with Gasteiger partial charge in [-0.2, -0.15) is 0 Å². The Bertz CT molecular complexity index is 648. The number of fused-ring (bicyclic) bond motifs is 1. The van der Waals surface area contributed by atoms with E-state index in [0.29, 0.717) is 37.2 Å². The van der Waals surface area contributed by atoms with Crippen LogP contribution in [0.2, 0.25) is 0 Å². The van der Waals surface area contributed by atoms with Crippen molar-refractivity contribution in [3.8, 4) is 5.75 Å². The van der Waals surface area contributed by atoms with Crippen molar-refractivity contribution in [1.29, 1.82) is 0 Å². The lowest BCUT2D eigenvalue weighted by atomic mass is 9.78. The van der Waals surface area contributed by atoms with Crippen molar-refractivity contribution < 1.29 is 29.3 Å². The van der Waals surface area contributed by atoms with Crippen LogP contribution in [0.3, 0.4) is 0 Å². The molecule has 0 aromatic heterocycles. The van der Waals surface area contributed by atoms with E-state index >= 15 is 0 Å². The minimum atomic E-state index is -0.632. The van der Waals surface area contributed by atoms with E-state index in [0.717, 1.165) is 0 Å². The van der Waals surface area contributed by atoms with Crippen LogP contribution in [0.5, 0.6) is 5.75 Å². The molecule has 1 amide bonds. The highest BCUT2D eigenvalue weighted by molar-refractivity contribution is 5.89. The number of hydrogen-bond acceptors (Lipinski definition) is 6. The maximum atomic E-state index is 11.7. The Balaban J connectivity index is 1.66. The van der Waals surface area contributed by atoms with Crippen LogP contribution in [-0.4, -0.2) is 66.0 Å². The number of carbonyl (C=O) groups is 2. The van der Waals surface area contributed by atoms with Gasteiger partial charge in [-0.3, -0.25) is 4.79 Å². The number of likely N-dealkylation sites (tertiary alicyclic amines) is 1. The summed E-state index contributed by atoms with van der Waals surface area (Å²) >= 11 is 0. The van der Waals surface area contributed by atoms with Crippen LogP contribution in [0, 0.1) is 11.8 Å². The van der Waals surface area contributed by atoms with E-state index in [1.54, 1.807) is 29.2 Å². The molecule has 1 aromatic rings. The first-order valence-corrected chi connectivity index (χ1v) is 8.43. The summed E-state index contributed by atoms with van der Waals surface area (Å²) in [7, 11) is 1.32. The zero-order valence-corrected chi connectivity index (χ0v) is 14.1. The fourth-order valence-corrected chi connectivity index (χ4v) is 3.81. The molecule has 1 saturated carbocycles. The van der Waals surface area contributed by atoms with Crippen LogP contribution in [0.1, 0.15) is 23.2 Å². The Morgan fingerprint density at radius 2 is 1.96 bits per heavy atom. The van der Waals surface area contributed by atoms with E-state index in [1.165, 1.54) is 7.11 Å². The molecule has 25 heavy (non-hydrogen) atoms. The summed E-state index contributed by atoms with van der Waals surface area (Å²) in [6.07, 6.45) is 0.163. The fraction of sp³-hybridized carbons (Fsp3) is 0.556. The smallest absolute Gasteiger partial charge is 0.337 e. The van der Waals surface area contributed by atoms with Gasteiger partial charge in [0.2, 0.25) is 5.91 Å². The van der Waals surface area contributed by atoms with Crippen LogP contribution in [0.25, 0.3) is 0 Å². The maximum Gasteiger partial charge on any atom is 0.337 e. The highest BCUT2D eigenvalue weighted by Gasteiger charge is 2.43. The van der Waals surface area contributed by atoms with Crippen LogP contribution >= 0.6 is 0 Å². The second-order valence-electron chi connectivity index (χ2n) is 6.69. The molecule has 136 valence electrons. The number of amides is 1. The number of benzene rings is 1. The SMILES string of the molecule is COC(=O)c1cccc(O[C@@H]2C[C@@H]3CN(C(=O)CO)C[C@@H]3C[C@H]2O)c1. The molecule has 2 N–H and O–H groups in total. The van der Waals surface area contributed by atoms with Gasteiger partial charge < -0.3 is 24.6 Å². The number of carbonyl (C=O) groups excluding carboxylic acids is 2. The minimum absolute atomic E-state index is 0.228. The van der Waals surface area contributed by atoms with Gasteiger partial charge in [0.25, 0.3) is 0 Å². The number of ether oxygens (including phenoxy) is 2. The molecule has 3 rings (SSSR count). The first-order chi connectivity index (χ1) is 12.0. The molecule has 1 saturated heterocycles. The molecule has 0 unspecified atom stereocenters. The van der Waals surface area contributed by atoms with Crippen molar-refractivity contribution in [3.63, 3.8) is 0 Å². The predicted molar refractivity (Wildman–Crippen MR) is 88.1 cm³/mol. The van der Waals surface area contributed by atoms with Crippen molar-refractivity contribution in [2.24, 2.45) is 11.8 Å². The molecule has 4 atom stereocenters. The maximum absolute atomic E-state index is 11.7. The number of nitrogens with zero attached hydrogens (tertiary/aromatic N) is 1. The third kappa shape index (κ3) is 3.77. The average Bonchev–Trinajstić information content (AvgIpc) is 3.03. The Kier molecular flexibility index (Phi) is 5.24. The molecule has 0 radical (unpaired) electrons. The summed E-state index contributed by atoms with van der Waals surface area (Å²) in [5.41, 5.74) is 0.392. The number of esters is 1. The van der Waals surface area contributed by atoms with Gasteiger partial charge in [-0.25, -0.2) is 4.79 Å². The summed E-state index contributed by atoms with van der Waals surface area (Å²) < 4.78 is 10.6. The van der Waals surface area contributed by atoms with Crippen molar-refractivity contribution in [3.05, 3.63) is 29.8 Å². The molecule has 1 aliphatic carbocycles. The number of aliphatic hydroxyl groups excluding tert-OH is 2. The topological polar surface area (TPSA) is 96.3 Å². The first kappa shape index (κ1) is 17.7. The Morgan fingerprint density at radius 3 is 2.64 bits per heavy atom. The largest absolute Gasteiger partial charge is 0.488 e. The molecule has 7 nitrogen and oxygen atoms in total. The van der Waals surface area contributed by atoms with Gasteiger partial charge in [0, 0.05) is 13.1 Å². The monoisotopic (exact) mass is 349 g/mol. The number of hydrogen-bond donors (Lipinski definition) is 2. The second kappa shape index (κ2) is 7.41. The Morgan fingerprint density at radius 1 is 1.24 bits per heavy atom. The van der Waals surface area contributed by atoms with Gasteiger partial charge >= 0.3 is 5.97 Å². The fourth-order valence-electron chi connectivity index (χ4n) is 3.81. The van der Waals surface area contributed by atoms with Crippen LogP contribution < -0.4 is 4.74 Å². The van der Waals surface area contributed by atoms with Crippen molar-refractivity contribution in [2.75, 3.05) is 26.8 Å². The van der Waals surface area contributed by atoms with Crippen LogP contribution in [-0.2, 0) is 9.53 Å². The molecule has 1 heterocycles. The number of aliphatic hydroxyl groups is 2. The molecule has 0 bridgehead atoms.